The van der Waals surface area contributed by atoms with Gasteiger partial charge in [-0.25, -0.2) is 14.3 Å². The van der Waals surface area contributed by atoms with Crippen LogP contribution in [0.1, 0.15) is 44.9 Å². The van der Waals surface area contributed by atoms with E-state index in [-0.39, 0.29) is 5.70 Å². The molecule has 1 aromatic heterocycles. The lowest BCUT2D eigenvalue weighted by Gasteiger charge is -2.56. The van der Waals surface area contributed by atoms with Crippen LogP contribution in [0.15, 0.2) is 86.9 Å². The van der Waals surface area contributed by atoms with Gasteiger partial charge in [0.2, 0.25) is 11.1 Å². The van der Waals surface area contributed by atoms with Crippen LogP contribution in [-0.4, -0.2) is 88.8 Å². The van der Waals surface area contributed by atoms with Crippen molar-refractivity contribution in [1.82, 2.24) is 30.4 Å². The molecule has 3 aliphatic rings. The molecule has 2 fully saturated rings. The van der Waals surface area contributed by atoms with Crippen LogP contribution in [0.4, 0.5) is 0 Å². The first kappa shape index (κ1) is 37.0. The number of hydrogen-bond donors (Lipinski definition) is 1. The lowest BCUT2D eigenvalue weighted by Crippen LogP contribution is -2.81. The molecule has 4 heterocycles. The second-order valence-electron chi connectivity index (χ2n) is 12.7. The van der Waals surface area contributed by atoms with Gasteiger partial charge in [-0.3, -0.25) is 14.5 Å². The Morgan fingerprint density at radius 1 is 1.06 bits per heavy atom. The molecule has 0 bridgehead atoms. The van der Waals surface area contributed by atoms with Crippen molar-refractivity contribution in [3.8, 4) is 0 Å². The van der Waals surface area contributed by atoms with Gasteiger partial charge in [0, 0.05) is 25.7 Å². The van der Waals surface area contributed by atoms with Crippen LogP contribution in [-0.2, 0) is 40.4 Å². The zero-order valence-electron chi connectivity index (χ0n) is 28.6. The fraction of sp³-hybridized carbons (Fsp3) is 0.382. The number of carbonyl (C=O) groups excluding carboxylic acids is 4. The molecule has 13 nitrogen and oxygen atoms in total. The summed E-state index contributed by atoms with van der Waals surface area (Å²) in [6, 6.07) is 18.7. The first-order chi connectivity index (χ1) is 24.3. The largest absolute Gasteiger partial charge is 0.457 e. The van der Waals surface area contributed by atoms with Gasteiger partial charge in [-0.1, -0.05) is 95.9 Å². The van der Waals surface area contributed by atoms with E-state index in [1.54, 1.807) is 34.7 Å². The lowest BCUT2D eigenvalue weighted by molar-refractivity contribution is -0.193. The number of ether oxygens (including phenoxy) is 3. The van der Waals surface area contributed by atoms with E-state index in [1.165, 1.54) is 63.7 Å². The summed E-state index contributed by atoms with van der Waals surface area (Å²) in [5, 5.41) is 14.2. The first-order valence-electron chi connectivity index (χ1n) is 15.8. The molecule has 51 heavy (non-hydrogen) atoms. The molecule has 1 N–H and O–H groups in total. The number of β-lactam (4-membered cyclic amide) rings is 1. The topological polar surface area (TPSA) is 155 Å². The average Bonchev–Trinajstić information content (AvgIpc) is 3.51. The molecule has 268 valence electrons. The van der Waals surface area contributed by atoms with E-state index in [1.807, 2.05) is 60.7 Å². The first-order valence-corrected chi connectivity index (χ1v) is 19.6. The van der Waals surface area contributed by atoms with E-state index in [0.29, 0.717) is 32.0 Å². The summed E-state index contributed by atoms with van der Waals surface area (Å²) in [4.78, 5) is 55.9. The number of fused-ring (bicyclic) bond motifs is 1. The number of aromatic nitrogens is 4. The van der Waals surface area contributed by atoms with Crippen molar-refractivity contribution in [1.29, 1.82) is 0 Å². The number of methoxy groups -OCH3 is 1. The highest BCUT2D eigenvalue weighted by atomic mass is 32.3. The van der Waals surface area contributed by atoms with Gasteiger partial charge in [-0.15, -0.1) is 16.9 Å². The number of benzene rings is 2. The number of rotatable bonds is 11. The fourth-order valence-corrected chi connectivity index (χ4v) is 10.0. The summed E-state index contributed by atoms with van der Waals surface area (Å²) in [5.41, 5.74) is 0.312. The quantitative estimate of drug-likeness (QED) is 0.0947. The van der Waals surface area contributed by atoms with Gasteiger partial charge in [-0.2, -0.15) is 0 Å². The highest BCUT2D eigenvalue weighted by molar-refractivity contribution is 8.39. The predicted molar refractivity (Wildman–Crippen MR) is 196 cm³/mol. The third-order valence-electron chi connectivity index (χ3n) is 7.97. The maximum Gasteiger partial charge on any atom is 0.356 e. The summed E-state index contributed by atoms with van der Waals surface area (Å²) in [6.45, 7) is 7.02. The number of nitrogens with zero attached hydrogens (tertiary/aromatic N) is 5. The summed E-state index contributed by atoms with van der Waals surface area (Å²) >= 11 is 5.12. The minimum Gasteiger partial charge on any atom is -0.457 e. The molecule has 0 aliphatic carbocycles. The van der Waals surface area contributed by atoms with Crippen molar-refractivity contribution >= 4 is 70.8 Å². The highest BCUT2D eigenvalue weighted by Gasteiger charge is 2.67. The Kier molecular flexibility index (Phi) is 10.9. The monoisotopic (exact) mass is 768 g/mol. The number of tetrazole rings is 1. The zero-order valence-corrected chi connectivity index (χ0v) is 31.9. The number of amides is 2. The van der Waals surface area contributed by atoms with E-state index >= 15 is 0 Å². The normalized spacial score (nSPS) is 21.4. The van der Waals surface area contributed by atoms with Crippen LogP contribution < -0.4 is 5.32 Å². The van der Waals surface area contributed by atoms with Crippen molar-refractivity contribution in [2.24, 2.45) is 7.05 Å². The number of carbonyl (C=O) groups is 4. The summed E-state index contributed by atoms with van der Waals surface area (Å²) in [6.07, 6.45) is -0.750. The van der Waals surface area contributed by atoms with Gasteiger partial charge < -0.3 is 19.5 Å². The standard InChI is InChI=1S/C34H36N6O7S4/c1-19(26(42)47-33(2,3)4)28-50-29(51-28)25(41)35-34(45-6)30(44)40-23(22(17-48-31(34)40)18-49-32-36-37-38-39(32)5)27(43)46-24(20-13-9-7-10-14-20)21-15-11-8-12-16-21/h7-16,24,29,31H,17-18H2,1-6H3,(H,35,41)/t29?,31-,34-/m0/s1. The number of nitrogens with one attached hydrogen (secondary N) is 1. The Balaban J connectivity index is 1.25. The minimum atomic E-state index is -1.72. The molecule has 3 aliphatic heterocycles. The second-order valence-corrected chi connectivity index (χ2v) is 17.5. The number of esters is 2. The summed E-state index contributed by atoms with van der Waals surface area (Å²) < 4.78 is 19.1. The highest BCUT2D eigenvalue weighted by Crippen LogP contribution is 2.54. The van der Waals surface area contributed by atoms with E-state index < -0.39 is 51.1 Å². The molecular weight excluding hydrogens is 733 g/mol. The van der Waals surface area contributed by atoms with Crippen molar-refractivity contribution in [2.45, 2.75) is 60.2 Å². The number of hydrogen-bond acceptors (Lipinski definition) is 14. The second kappa shape index (κ2) is 15.1. The van der Waals surface area contributed by atoms with Gasteiger partial charge in [-0.05, 0) is 54.8 Å². The lowest BCUT2D eigenvalue weighted by atomic mass is 9.98. The fourth-order valence-electron chi connectivity index (χ4n) is 5.45. The number of thioether (sulfide) groups is 4. The molecule has 2 aromatic carbocycles. The van der Waals surface area contributed by atoms with Crippen molar-refractivity contribution in [3.05, 3.63) is 92.9 Å². The van der Waals surface area contributed by atoms with Crippen molar-refractivity contribution < 1.29 is 33.4 Å². The maximum absolute atomic E-state index is 14.3. The van der Waals surface area contributed by atoms with Crippen molar-refractivity contribution in [2.75, 3.05) is 18.6 Å². The summed E-state index contributed by atoms with van der Waals surface area (Å²) in [7, 11) is 3.07. The van der Waals surface area contributed by atoms with E-state index in [4.69, 9.17) is 14.2 Å². The molecule has 17 heteroatoms. The Morgan fingerprint density at radius 3 is 2.24 bits per heavy atom. The SMILES string of the molecule is CO[C@@]1(NC(=O)C2SC(=C(C)C(=O)OC(C)(C)C)S2)C(=O)N2C(C(=O)OC(c3ccccc3)c3ccccc3)=C(CSc3nnnn3C)CS[C@H]21. The van der Waals surface area contributed by atoms with E-state index in [0.717, 1.165) is 11.1 Å². The van der Waals surface area contributed by atoms with Crippen molar-refractivity contribution in [3.63, 3.8) is 0 Å². The molecule has 3 aromatic rings. The molecule has 0 unspecified atom stereocenters. The van der Waals surface area contributed by atoms with E-state index in [2.05, 4.69) is 20.8 Å². The van der Waals surface area contributed by atoms with Gasteiger partial charge >= 0.3 is 11.9 Å². The molecule has 2 saturated heterocycles. The molecule has 0 radical (unpaired) electrons. The predicted octanol–water partition coefficient (Wildman–Crippen LogP) is 4.64. The molecule has 6 rings (SSSR count). The van der Waals surface area contributed by atoms with Crippen LogP contribution in [0.25, 0.3) is 0 Å². The smallest absolute Gasteiger partial charge is 0.356 e. The minimum absolute atomic E-state index is 0.0933. The van der Waals surface area contributed by atoms with Gasteiger partial charge in [0.05, 0.1) is 9.81 Å². The van der Waals surface area contributed by atoms with Gasteiger partial charge in [0.25, 0.3) is 11.6 Å². The van der Waals surface area contributed by atoms with Crippen LogP contribution in [0, 0.1) is 0 Å². The molecule has 0 saturated carbocycles. The average molecular weight is 769 g/mol. The third kappa shape index (κ3) is 7.58. The Bertz CT molecular complexity index is 1850. The molecule has 0 spiro atoms. The number of aryl methyl sites for hydroxylation is 1. The molecular formula is C34H36N6O7S4. The summed E-state index contributed by atoms with van der Waals surface area (Å²) in [5.74, 6) is -1.54. The molecule has 2 atom stereocenters. The van der Waals surface area contributed by atoms with Crippen LogP contribution in [0.2, 0.25) is 0 Å². The van der Waals surface area contributed by atoms with Crippen LogP contribution >= 0.6 is 47.0 Å². The molecule has 2 amide bonds. The maximum atomic E-state index is 14.3. The van der Waals surface area contributed by atoms with Crippen LogP contribution in [0.3, 0.4) is 0 Å². The Morgan fingerprint density at radius 2 is 1.69 bits per heavy atom. The Hall–Kier alpha value is -3.77. The zero-order chi connectivity index (χ0) is 36.5. The van der Waals surface area contributed by atoms with E-state index in [9.17, 15) is 19.2 Å². The van der Waals surface area contributed by atoms with Gasteiger partial charge in [0.1, 0.15) is 21.3 Å². The van der Waals surface area contributed by atoms with Gasteiger partial charge in [0.15, 0.2) is 6.10 Å². The third-order valence-corrected chi connectivity index (χ3v) is 13.5. The van der Waals surface area contributed by atoms with Crippen LogP contribution in [0.5, 0.6) is 0 Å². The Labute approximate surface area is 312 Å².